The van der Waals surface area contributed by atoms with E-state index < -0.39 is 20.0 Å². The number of hydrogen-bond donors (Lipinski definition) is 2. The predicted molar refractivity (Wildman–Crippen MR) is 252 cm³/mol. The van der Waals surface area contributed by atoms with Gasteiger partial charge in [-0.05, 0) is 19.3 Å². The van der Waals surface area contributed by atoms with Crippen LogP contribution >= 0.6 is 7.82 Å². The van der Waals surface area contributed by atoms with Crippen LogP contribution in [0.4, 0.5) is 0 Å². The van der Waals surface area contributed by atoms with Crippen LogP contribution in [0.2, 0.25) is 0 Å². The van der Waals surface area contributed by atoms with Crippen LogP contribution in [0.25, 0.3) is 0 Å². The molecule has 3 unspecified atom stereocenters. The van der Waals surface area contributed by atoms with Crippen molar-refractivity contribution in [1.82, 2.24) is 5.32 Å². The highest BCUT2D eigenvalue weighted by Gasteiger charge is 2.23. The number of aliphatic hydroxyl groups excluding tert-OH is 1. The smallest absolute Gasteiger partial charge is 0.268 e. The molecular formula is C50H101N2O6P. The zero-order valence-corrected chi connectivity index (χ0v) is 40.9. The molecular weight excluding hydrogens is 756 g/mol. The summed E-state index contributed by atoms with van der Waals surface area (Å²) in [6.45, 7) is 4.66. The summed E-state index contributed by atoms with van der Waals surface area (Å²) in [6, 6.07) is -0.880. The number of carbonyl (C=O) groups is 1. The Morgan fingerprint density at radius 2 is 0.915 bits per heavy atom. The summed E-state index contributed by atoms with van der Waals surface area (Å²) < 4.78 is 23.2. The van der Waals surface area contributed by atoms with Gasteiger partial charge in [-0.3, -0.25) is 9.36 Å². The summed E-state index contributed by atoms with van der Waals surface area (Å²) in [4.78, 5) is 25.3. The first-order chi connectivity index (χ1) is 28.5. The van der Waals surface area contributed by atoms with Crippen molar-refractivity contribution in [2.24, 2.45) is 0 Å². The molecule has 0 radical (unpaired) electrons. The van der Waals surface area contributed by atoms with Gasteiger partial charge in [0.25, 0.3) is 7.82 Å². The van der Waals surface area contributed by atoms with E-state index in [1.807, 2.05) is 27.2 Å². The van der Waals surface area contributed by atoms with Crippen molar-refractivity contribution in [2.75, 3.05) is 40.9 Å². The minimum absolute atomic E-state index is 0.00219. The molecule has 0 saturated carbocycles. The van der Waals surface area contributed by atoms with Crippen LogP contribution in [0.1, 0.15) is 251 Å². The van der Waals surface area contributed by atoms with Crippen molar-refractivity contribution in [3.8, 4) is 0 Å². The van der Waals surface area contributed by atoms with E-state index in [2.05, 4.69) is 19.2 Å². The zero-order chi connectivity index (χ0) is 43.6. The molecule has 0 spiro atoms. The molecule has 0 bridgehead atoms. The molecule has 0 rings (SSSR count). The Morgan fingerprint density at radius 1 is 0.576 bits per heavy atom. The molecule has 0 fully saturated rings. The summed E-state index contributed by atoms with van der Waals surface area (Å²) in [5, 5.41) is 13.8. The largest absolute Gasteiger partial charge is 0.756 e. The van der Waals surface area contributed by atoms with Gasteiger partial charge in [0.05, 0.1) is 39.9 Å². The van der Waals surface area contributed by atoms with Crippen molar-refractivity contribution in [1.29, 1.82) is 0 Å². The number of quaternary nitrogens is 1. The summed E-state index contributed by atoms with van der Waals surface area (Å²) in [5.74, 6) is -0.196. The predicted octanol–water partition coefficient (Wildman–Crippen LogP) is 14.1. The number of likely N-dealkylation sites (N-methyl/N-ethyl adjacent to an activating group) is 1. The second-order valence-corrected chi connectivity index (χ2v) is 20.3. The number of unbranched alkanes of at least 4 members (excludes halogenated alkanes) is 34. The zero-order valence-electron chi connectivity index (χ0n) is 40.0. The molecule has 0 heterocycles. The number of aliphatic hydroxyl groups is 1. The molecule has 0 aliphatic rings. The molecule has 59 heavy (non-hydrogen) atoms. The normalized spacial score (nSPS) is 14.2. The molecule has 0 saturated heterocycles. The van der Waals surface area contributed by atoms with Gasteiger partial charge in [-0.25, -0.2) is 0 Å². The van der Waals surface area contributed by atoms with Gasteiger partial charge in [-0.2, -0.15) is 0 Å². The number of phosphoric acid groups is 1. The van der Waals surface area contributed by atoms with Crippen molar-refractivity contribution in [3.63, 3.8) is 0 Å². The third kappa shape index (κ3) is 45.1. The topological polar surface area (TPSA) is 108 Å². The number of rotatable bonds is 47. The van der Waals surface area contributed by atoms with Crippen LogP contribution < -0.4 is 10.2 Å². The summed E-state index contributed by atoms with van der Waals surface area (Å²) in [7, 11) is 1.27. The van der Waals surface area contributed by atoms with E-state index in [1.165, 1.54) is 193 Å². The third-order valence-corrected chi connectivity index (χ3v) is 12.7. The lowest BCUT2D eigenvalue weighted by Gasteiger charge is -2.29. The number of nitrogens with zero attached hydrogens (tertiary/aromatic N) is 1. The van der Waals surface area contributed by atoms with Gasteiger partial charge in [0.2, 0.25) is 5.91 Å². The molecule has 0 aliphatic heterocycles. The Balaban J connectivity index is 4.15. The van der Waals surface area contributed by atoms with Gasteiger partial charge in [-0.15, -0.1) is 0 Å². The number of allylic oxidation sites excluding steroid dienone is 1. The Hall–Kier alpha value is -0.760. The highest BCUT2D eigenvalue weighted by atomic mass is 31.2. The molecule has 3 atom stereocenters. The lowest BCUT2D eigenvalue weighted by Crippen LogP contribution is -2.45. The second-order valence-electron chi connectivity index (χ2n) is 18.9. The van der Waals surface area contributed by atoms with Crippen LogP contribution in [0.15, 0.2) is 12.2 Å². The van der Waals surface area contributed by atoms with Crippen molar-refractivity contribution in [3.05, 3.63) is 12.2 Å². The molecule has 0 aliphatic carbocycles. The number of hydrogen-bond acceptors (Lipinski definition) is 6. The molecule has 352 valence electrons. The SMILES string of the molecule is CCCCCCCCCCCCCCCCCCCCCCCCCC/C=C/C(O)C(COP(=O)([O-])OCC[N+](C)(C)C)NC(=O)CCCCCCCCCCCCC. The minimum atomic E-state index is -4.58. The van der Waals surface area contributed by atoms with Gasteiger partial charge in [0.1, 0.15) is 13.2 Å². The number of carbonyl (C=O) groups excluding carboxylic acids is 1. The monoisotopic (exact) mass is 857 g/mol. The highest BCUT2D eigenvalue weighted by Crippen LogP contribution is 2.38. The van der Waals surface area contributed by atoms with Crippen LogP contribution in [-0.4, -0.2) is 68.5 Å². The van der Waals surface area contributed by atoms with E-state index in [0.717, 1.165) is 38.5 Å². The van der Waals surface area contributed by atoms with E-state index in [1.54, 1.807) is 6.08 Å². The van der Waals surface area contributed by atoms with Gasteiger partial charge < -0.3 is 28.8 Å². The van der Waals surface area contributed by atoms with Crippen LogP contribution in [0.5, 0.6) is 0 Å². The van der Waals surface area contributed by atoms with Gasteiger partial charge in [0, 0.05) is 6.42 Å². The number of nitrogens with one attached hydrogen (secondary N) is 1. The first kappa shape index (κ1) is 58.2. The Bertz CT molecular complexity index is 974. The lowest BCUT2D eigenvalue weighted by molar-refractivity contribution is -0.870. The highest BCUT2D eigenvalue weighted by molar-refractivity contribution is 7.45. The van der Waals surface area contributed by atoms with Crippen molar-refractivity contribution < 1.29 is 32.9 Å². The second kappa shape index (κ2) is 42.5. The third-order valence-electron chi connectivity index (χ3n) is 11.7. The van der Waals surface area contributed by atoms with Crippen molar-refractivity contribution >= 4 is 13.7 Å². The van der Waals surface area contributed by atoms with Crippen LogP contribution in [0.3, 0.4) is 0 Å². The fourth-order valence-electron chi connectivity index (χ4n) is 7.68. The number of phosphoric ester groups is 1. The molecule has 1 amide bonds. The molecule has 0 aromatic heterocycles. The van der Waals surface area contributed by atoms with Gasteiger partial charge in [0.15, 0.2) is 0 Å². The molecule has 9 heteroatoms. The lowest BCUT2D eigenvalue weighted by atomic mass is 10.0. The summed E-state index contributed by atoms with van der Waals surface area (Å²) >= 11 is 0. The molecule has 8 nitrogen and oxygen atoms in total. The Morgan fingerprint density at radius 3 is 1.27 bits per heavy atom. The van der Waals surface area contributed by atoms with E-state index >= 15 is 0 Å². The van der Waals surface area contributed by atoms with Crippen LogP contribution in [-0.2, 0) is 18.4 Å². The first-order valence-corrected chi connectivity index (χ1v) is 27.0. The maximum absolute atomic E-state index is 12.8. The fraction of sp³-hybridized carbons (Fsp3) is 0.940. The quantitative estimate of drug-likeness (QED) is 0.0273. The Kier molecular flexibility index (Phi) is 42.0. The molecule has 0 aromatic rings. The average molecular weight is 857 g/mol. The molecule has 2 N–H and O–H groups in total. The maximum atomic E-state index is 12.8. The van der Waals surface area contributed by atoms with E-state index in [4.69, 9.17) is 9.05 Å². The summed E-state index contributed by atoms with van der Waals surface area (Å²) in [6.07, 6.45) is 49.9. The maximum Gasteiger partial charge on any atom is 0.268 e. The van der Waals surface area contributed by atoms with E-state index in [-0.39, 0.29) is 19.1 Å². The fourth-order valence-corrected chi connectivity index (χ4v) is 8.41. The van der Waals surface area contributed by atoms with E-state index in [0.29, 0.717) is 17.4 Å². The average Bonchev–Trinajstić information content (AvgIpc) is 3.19. The summed E-state index contributed by atoms with van der Waals surface area (Å²) in [5.41, 5.74) is 0. The molecule has 0 aromatic carbocycles. The minimum Gasteiger partial charge on any atom is -0.756 e. The van der Waals surface area contributed by atoms with E-state index in [9.17, 15) is 19.4 Å². The van der Waals surface area contributed by atoms with Crippen LogP contribution in [0, 0.1) is 0 Å². The van der Waals surface area contributed by atoms with Crippen molar-refractivity contribution in [2.45, 2.75) is 264 Å². The van der Waals surface area contributed by atoms with Gasteiger partial charge >= 0.3 is 0 Å². The Labute approximate surface area is 367 Å². The standard InChI is InChI=1S/C50H101N2O6P/c1-6-8-10-12-14-16-18-19-20-21-22-23-24-25-26-27-28-29-30-31-32-34-35-37-39-41-43-49(53)48(47-58-59(55,56)57-46-45-52(3,4)5)51-50(54)44-42-40-38-36-33-17-15-13-11-9-7-2/h41,43,48-49,53H,6-40,42,44-47H2,1-5H3,(H-,51,54,55,56)/b43-41+. The van der Waals surface area contributed by atoms with Gasteiger partial charge in [-0.1, -0.05) is 238 Å². The number of amides is 1. The first-order valence-electron chi connectivity index (χ1n) is 25.6.